The lowest BCUT2D eigenvalue weighted by Crippen LogP contribution is -2.61. The Balaban J connectivity index is 2.77. The number of carboxylic acids is 1. The highest BCUT2D eigenvalue weighted by Crippen LogP contribution is 2.26. The first-order valence-corrected chi connectivity index (χ1v) is 27.3. The van der Waals surface area contributed by atoms with Crippen molar-refractivity contribution < 1.29 is 58.2 Å². The minimum Gasteiger partial charge on any atom is -0.479 e. The van der Waals surface area contributed by atoms with E-state index in [2.05, 4.69) is 69.4 Å². The van der Waals surface area contributed by atoms with Crippen LogP contribution < -0.4 is 0 Å². The molecule has 1 fully saturated rings. The molecule has 0 amide bonds. The number of ether oxygens (including phenoxy) is 5. The van der Waals surface area contributed by atoms with Crippen LogP contribution in [0.25, 0.3) is 0 Å². The molecule has 0 aromatic heterocycles. The van der Waals surface area contributed by atoms with Crippen LogP contribution in [0.1, 0.15) is 226 Å². The van der Waals surface area contributed by atoms with Crippen LogP contribution in [-0.2, 0) is 42.9 Å². The molecule has 12 nitrogen and oxygen atoms in total. The third kappa shape index (κ3) is 36.1. The van der Waals surface area contributed by atoms with Crippen molar-refractivity contribution >= 4 is 23.9 Å². The molecule has 3 N–H and O–H groups in total. The first kappa shape index (κ1) is 63.4. The summed E-state index contributed by atoms with van der Waals surface area (Å²) in [6.45, 7) is 5.77. The molecule has 0 aromatic rings. The van der Waals surface area contributed by atoms with E-state index in [4.69, 9.17) is 23.7 Å². The van der Waals surface area contributed by atoms with E-state index in [0.717, 1.165) is 83.5 Å². The van der Waals surface area contributed by atoms with Gasteiger partial charge in [-0.3, -0.25) is 14.4 Å². The highest BCUT2D eigenvalue weighted by Gasteiger charge is 2.50. The molecule has 0 radical (unpaired) electrons. The summed E-state index contributed by atoms with van der Waals surface area (Å²) in [6, 6.07) is 0. The summed E-state index contributed by atoms with van der Waals surface area (Å²) < 4.78 is 28.2. The normalized spacial score (nSPS) is 19.1. The number of rotatable bonds is 45. The monoisotopic (exact) mass is 973 g/mol. The van der Waals surface area contributed by atoms with Gasteiger partial charge in [-0.05, 0) is 70.6 Å². The largest absolute Gasteiger partial charge is 0.479 e. The van der Waals surface area contributed by atoms with Crippen molar-refractivity contribution in [3.8, 4) is 0 Å². The number of aliphatic hydroxyl groups excluding tert-OH is 2. The van der Waals surface area contributed by atoms with Crippen molar-refractivity contribution in [2.75, 3.05) is 13.2 Å². The molecule has 0 aliphatic carbocycles. The molecule has 69 heavy (non-hydrogen) atoms. The zero-order chi connectivity index (χ0) is 50.4. The van der Waals surface area contributed by atoms with Gasteiger partial charge in [0.15, 0.2) is 24.6 Å². The number of hydrogen-bond donors (Lipinski definition) is 3. The van der Waals surface area contributed by atoms with E-state index >= 15 is 0 Å². The summed E-state index contributed by atoms with van der Waals surface area (Å²) >= 11 is 0. The minimum atomic E-state index is -1.91. The number of allylic oxidation sites excluding steroid dienone is 10. The Morgan fingerprint density at radius 3 is 1.46 bits per heavy atom. The summed E-state index contributed by atoms with van der Waals surface area (Å²) in [4.78, 5) is 50.8. The lowest BCUT2D eigenvalue weighted by Gasteiger charge is -2.40. The fourth-order valence-corrected chi connectivity index (χ4v) is 7.90. The molecule has 12 heteroatoms. The van der Waals surface area contributed by atoms with Crippen molar-refractivity contribution in [3.05, 3.63) is 60.8 Å². The van der Waals surface area contributed by atoms with Gasteiger partial charge in [-0.15, -0.1) is 0 Å². The van der Waals surface area contributed by atoms with Crippen molar-refractivity contribution in [2.45, 2.75) is 263 Å². The Kier molecular flexibility index (Phi) is 41.9. The van der Waals surface area contributed by atoms with Gasteiger partial charge in [-0.1, -0.05) is 197 Å². The SMILES string of the molecule is CC/C=C\C/C=C\C/C=C\C/C=C\CCC(=O)OCC(COC1OC(C(=O)O)C(O)C(O)C1OC(=O)CCCCCCC/C=C\CCCCCC)OC(=O)CCCCCCCCCCCCCCC. The van der Waals surface area contributed by atoms with E-state index < -0.39 is 67.3 Å². The fourth-order valence-electron chi connectivity index (χ4n) is 7.90. The van der Waals surface area contributed by atoms with Crippen LogP contribution in [0.15, 0.2) is 60.8 Å². The minimum absolute atomic E-state index is 0.0440. The van der Waals surface area contributed by atoms with E-state index in [1.54, 1.807) is 0 Å². The Morgan fingerprint density at radius 2 is 0.942 bits per heavy atom. The van der Waals surface area contributed by atoms with E-state index in [0.29, 0.717) is 19.3 Å². The number of esters is 3. The number of hydrogen-bond acceptors (Lipinski definition) is 11. The lowest BCUT2D eigenvalue weighted by molar-refractivity contribution is -0.301. The maximum atomic E-state index is 13.1. The Bertz CT molecular complexity index is 1440. The van der Waals surface area contributed by atoms with Crippen LogP contribution in [0.3, 0.4) is 0 Å². The fraction of sp³-hybridized carbons (Fsp3) is 0.754. The van der Waals surface area contributed by atoms with Gasteiger partial charge in [-0.2, -0.15) is 0 Å². The molecule has 396 valence electrons. The average Bonchev–Trinajstić information content (AvgIpc) is 3.33. The molecule has 6 atom stereocenters. The van der Waals surface area contributed by atoms with Gasteiger partial charge >= 0.3 is 23.9 Å². The smallest absolute Gasteiger partial charge is 0.335 e. The maximum Gasteiger partial charge on any atom is 0.335 e. The summed E-state index contributed by atoms with van der Waals surface area (Å²) in [5, 5.41) is 31.4. The van der Waals surface area contributed by atoms with Crippen molar-refractivity contribution in [3.63, 3.8) is 0 Å². The van der Waals surface area contributed by atoms with Gasteiger partial charge in [0, 0.05) is 19.3 Å². The Morgan fingerprint density at radius 1 is 0.493 bits per heavy atom. The molecule has 0 saturated carbocycles. The molecular formula is C57H96O12. The summed E-state index contributed by atoms with van der Waals surface area (Å²) in [5.74, 6) is -3.23. The van der Waals surface area contributed by atoms with E-state index in [9.17, 15) is 34.5 Å². The van der Waals surface area contributed by atoms with Gasteiger partial charge in [-0.25, -0.2) is 4.79 Å². The summed E-state index contributed by atoms with van der Waals surface area (Å²) in [5.41, 5.74) is 0. The van der Waals surface area contributed by atoms with Crippen molar-refractivity contribution in [2.24, 2.45) is 0 Å². The first-order valence-electron chi connectivity index (χ1n) is 27.3. The zero-order valence-corrected chi connectivity index (χ0v) is 43.3. The second-order valence-corrected chi connectivity index (χ2v) is 18.5. The number of unbranched alkanes of at least 4 members (excludes halogenated alkanes) is 21. The molecule has 1 rings (SSSR count). The van der Waals surface area contributed by atoms with Crippen LogP contribution in [-0.4, -0.2) is 89.2 Å². The summed E-state index contributed by atoms with van der Waals surface area (Å²) in [6.07, 6.45) is 42.2. The molecule has 1 saturated heterocycles. The maximum absolute atomic E-state index is 13.1. The lowest BCUT2D eigenvalue weighted by atomic mass is 9.98. The number of carbonyl (C=O) groups is 4. The highest BCUT2D eigenvalue weighted by molar-refractivity contribution is 5.74. The molecule has 1 aliphatic heterocycles. The van der Waals surface area contributed by atoms with Gasteiger partial charge in [0.05, 0.1) is 6.61 Å². The van der Waals surface area contributed by atoms with Gasteiger partial charge in [0.2, 0.25) is 0 Å². The first-order chi connectivity index (χ1) is 33.6. The van der Waals surface area contributed by atoms with Gasteiger partial charge in [0.25, 0.3) is 0 Å². The molecule has 1 heterocycles. The van der Waals surface area contributed by atoms with Crippen LogP contribution in [0.4, 0.5) is 0 Å². The third-order valence-corrected chi connectivity index (χ3v) is 12.1. The predicted octanol–water partition coefficient (Wildman–Crippen LogP) is 13.2. The van der Waals surface area contributed by atoms with Crippen LogP contribution in [0.5, 0.6) is 0 Å². The topological polar surface area (TPSA) is 175 Å². The molecule has 0 spiro atoms. The second-order valence-electron chi connectivity index (χ2n) is 18.5. The van der Waals surface area contributed by atoms with Crippen LogP contribution >= 0.6 is 0 Å². The molecule has 0 bridgehead atoms. The van der Waals surface area contributed by atoms with Crippen LogP contribution in [0, 0.1) is 0 Å². The van der Waals surface area contributed by atoms with E-state index in [1.165, 1.54) is 83.5 Å². The zero-order valence-electron chi connectivity index (χ0n) is 43.3. The van der Waals surface area contributed by atoms with Gasteiger partial charge in [0.1, 0.15) is 18.8 Å². The molecular weight excluding hydrogens is 877 g/mol. The van der Waals surface area contributed by atoms with Crippen molar-refractivity contribution in [1.82, 2.24) is 0 Å². The van der Waals surface area contributed by atoms with E-state index in [-0.39, 0.29) is 25.9 Å². The second kappa shape index (κ2) is 45.6. The summed E-state index contributed by atoms with van der Waals surface area (Å²) in [7, 11) is 0. The van der Waals surface area contributed by atoms with Gasteiger partial charge < -0.3 is 39.0 Å². The van der Waals surface area contributed by atoms with E-state index in [1.807, 2.05) is 12.2 Å². The number of carbonyl (C=O) groups excluding carboxylic acids is 3. The third-order valence-electron chi connectivity index (χ3n) is 12.1. The highest BCUT2D eigenvalue weighted by atomic mass is 16.7. The number of carboxylic acid groups (broad SMARTS) is 1. The Hall–Kier alpha value is -3.58. The standard InChI is InChI=1S/C57H96O12/c1-4-7-10-13-16-19-22-25-28-31-34-37-40-43-49(58)65-46-48(67-50(59)44-41-38-35-32-29-26-23-20-17-14-11-8-5-2)47-66-57-55(53(62)52(61)54(69-57)56(63)64)68-51(60)45-42-39-36-33-30-27-24-21-18-15-12-9-6-3/h7,10,16,19,21,24-25,28,34,37,48,52-55,57,61-62H,4-6,8-9,11-15,17-18,20,22-23,26-27,29-33,35-36,38-47H2,1-3H3,(H,63,64)/b10-7-,19-16-,24-21-,28-25-,37-34-. The molecule has 6 unspecified atom stereocenters. The quantitative estimate of drug-likeness (QED) is 0.0228. The van der Waals surface area contributed by atoms with Crippen LogP contribution in [0.2, 0.25) is 0 Å². The molecule has 1 aliphatic rings. The average molecular weight is 973 g/mol. The number of aliphatic hydroxyl groups is 2. The molecule has 0 aromatic carbocycles. The predicted molar refractivity (Wildman–Crippen MR) is 275 cm³/mol. The van der Waals surface area contributed by atoms with Crippen molar-refractivity contribution in [1.29, 1.82) is 0 Å². The Labute approximate surface area is 417 Å². The number of aliphatic carboxylic acids is 1.